The van der Waals surface area contributed by atoms with Gasteiger partial charge < -0.3 is 19.5 Å². The second-order valence-corrected chi connectivity index (χ2v) is 6.65. The Morgan fingerprint density at radius 1 is 1.06 bits per heavy atom. The second kappa shape index (κ2) is 9.29. The number of carbonyl (C=O) groups excluding carboxylic acids is 1. The highest BCUT2D eigenvalue weighted by atomic mass is 19.1. The van der Waals surface area contributed by atoms with Crippen LogP contribution >= 0.6 is 0 Å². The maximum atomic E-state index is 13.2. The summed E-state index contributed by atoms with van der Waals surface area (Å²) in [5.74, 6) is 1.15. The van der Waals surface area contributed by atoms with Crippen LogP contribution in [-0.2, 0) is 0 Å². The van der Waals surface area contributed by atoms with Gasteiger partial charge in [0.05, 0.1) is 26.3 Å². The minimum absolute atomic E-state index is 0.166. The summed E-state index contributed by atoms with van der Waals surface area (Å²) in [6.07, 6.45) is 0. The van der Waals surface area contributed by atoms with Gasteiger partial charge in [-0.1, -0.05) is 6.07 Å². The van der Waals surface area contributed by atoms with Gasteiger partial charge >= 0.3 is 0 Å². The van der Waals surface area contributed by atoms with Gasteiger partial charge in [-0.25, -0.2) is 4.39 Å². The molecule has 0 saturated carbocycles. The van der Waals surface area contributed by atoms with E-state index in [4.69, 9.17) is 14.2 Å². The Morgan fingerprint density at radius 3 is 2.72 bits per heavy atom. The number of nitrogens with one attached hydrogen (secondary N) is 1. The van der Waals surface area contributed by atoms with Crippen LogP contribution in [0.25, 0.3) is 17.0 Å². The predicted molar refractivity (Wildman–Crippen MR) is 114 cm³/mol. The van der Waals surface area contributed by atoms with Gasteiger partial charge in [0.25, 0.3) is 5.91 Å². The molecular weight excluding hydrogens is 417 g/mol. The summed E-state index contributed by atoms with van der Waals surface area (Å²) in [5, 5.41) is 15.5. The molecule has 0 aliphatic heterocycles. The van der Waals surface area contributed by atoms with Crippen LogP contribution < -0.4 is 19.5 Å². The zero-order valence-corrected chi connectivity index (χ0v) is 17.4. The molecule has 4 rings (SSSR count). The molecule has 32 heavy (non-hydrogen) atoms. The Morgan fingerprint density at radius 2 is 1.94 bits per heavy atom. The molecule has 2 aromatic carbocycles. The minimum atomic E-state index is -0.469. The monoisotopic (exact) mass is 437 g/mol. The lowest BCUT2D eigenvalue weighted by molar-refractivity contribution is 0.0946. The van der Waals surface area contributed by atoms with Gasteiger partial charge in [0.1, 0.15) is 23.9 Å². The minimum Gasteiger partial charge on any atom is -0.497 e. The first-order valence-corrected chi connectivity index (χ1v) is 9.70. The van der Waals surface area contributed by atoms with Crippen LogP contribution in [0, 0.1) is 5.82 Å². The van der Waals surface area contributed by atoms with Crippen molar-refractivity contribution in [1.29, 1.82) is 0 Å². The molecule has 1 amide bonds. The highest BCUT2D eigenvalue weighted by molar-refractivity contribution is 5.94. The number of hydrogen-bond acceptors (Lipinski definition) is 7. The third-order valence-corrected chi connectivity index (χ3v) is 4.61. The van der Waals surface area contributed by atoms with E-state index >= 15 is 0 Å². The van der Waals surface area contributed by atoms with Crippen LogP contribution in [-0.4, -0.2) is 53.1 Å². The van der Waals surface area contributed by atoms with Gasteiger partial charge in [0.2, 0.25) is 5.88 Å². The highest BCUT2D eigenvalue weighted by Crippen LogP contribution is 2.32. The lowest BCUT2D eigenvalue weighted by Crippen LogP contribution is -2.28. The van der Waals surface area contributed by atoms with Crippen molar-refractivity contribution in [1.82, 2.24) is 25.1 Å². The maximum Gasteiger partial charge on any atom is 0.251 e. The van der Waals surface area contributed by atoms with Crippen molar-refractivity contribution < 1.29 is 23.4 Å². The molecule has 10 heteroatoms. The molecule has 0 unspecified atom stereocenters. The fourth-order valence-electron chi connectivity index (χ4n) is 3.06. The third-order valence-electron chi connectivity index (χ3n) is 4.61. The molecule has 0 bridgehead atoms. The summed E-state index contributed by atoms with van der Waals surface area (Å²) in [6, 6.07) is 14.2. The Balaban J connectivity index is 1.47. The lowest BCUT2D eigenvalue weighted by atomic mass is 10.2. The normalized spacial score (nSPS) is 10.7. The van der Waals surface area contributed by atoms with E-state index in [1.54, 1.807) is 44.6 Å². The average Bonchev–Trinajstić information content (AvgIpc) is 3.24. The molecule has 1 N–H and O–H groups in total. The van der Waals surface area contributed by atoms with Gasteiger partial charge in [-0.3, -0.25) is 4.79 Å². The van der Waals surface area contributed by atoms with E-state index < -0.39 is 5.82 Å². The number of aromatic nitrogens is 4. The molecule has 0 fully saturated rings. The Labute approximate surface area is 182 Å². The number of fused-ring (bicyclic) bond motifs is 1. The van der Waals surface area contributed by atoms with Crippen LogP contribution in [0.5, 0.6) is 17.4 Å². The van der Waals surface area contributed by atoms with Crippen molar-refractivity contribution in [3.05, 3.63) is 66.0 Å². The molecule has 0 atom stereocenters. The Kier molecular flexibility index (Phi) is 6.11. The number of nitrogens with zero attached hydrogens (tertiary/aromatic N) is 4. The number of hydrogen-bond donors (Lipinski definition) is 1. The summed E-state index contributed by atoms with van der Waals surface area (Å²) >= 11 is 0. The fraction of sp³-hybridized carbons (Fsp3) is 0.182. The summed E-state index contributed by atoms with van der Waals surface area (Å²) in [6.45, 7) is 0.382. The van der Waals surface area contributed by atoms with Crippen molar-refractivity contribution in [2.75, 3.05) is 27.4 Å². The van der Waals surface area contributed by atoms with Crippen molar-refractivity contribution >= 4 is 11.6 Å². The Bertz CT molecular complexity index is 1260. The summed E-state index contributed by atoms with van der Waals surface area (Å²) in [4.78, 5) is 12.1. The molecule has 0 radical (unpaired) electrons. The van der Waals surface area contributed by atoms with Crippen molar-refractivity contribution in [2.24, 2.45) is 0 Å². The predicted octanol–water partition coefficient (Wildman–Crippen LogP) is 2.76. The molecule has 2 aromatic heterocycles. The maximum absolute atomic E-state index is 13.2. The number of halogens is 1. The molecule has 0 saturated heterocycles. The zero-order chi connectivity index (χ0) is 22.5. The number of amides is 1. The number of carbonyl (C=O) groups is 1. The molecule has 4 aromatic rings. The number of benzene rings is 2. The lowest BCUT2D eigenvalue weighted by Gasteiger charge is -2.10. The largest absolute Gasteiger partial charge is 0.497 e. The van der Waals surface area contributed by atoms with Crippen LogP contribution in [0.3, 0.4) is 0 Å². The van der Waals surface area contributed by atoms with Crippen LogP contribution in [0.15, 0.2) is 54.6 Å². The molecule has 164 valence electrons. The number of ether oxygens (including phenoxy) is 3. The Hall–Kier alpha value is -4.21. The summed E-state index contributed by atoms with van der Waals surface area (Å²) < 4.78 is 31.2. The third kappa shape index (κ3) is 4.43. The quantitative estimate of drug-likeness (QED) is 0.423. The SMILES string of the molecule is COc1ccc(OC)c(-c2nnc3ccc(OCCNC(=O)c4cccc(F)c4)nn23)c1. The van der Waals surface area contributed by atoms with Crippen molar-refractivity contribution in [3.8, 4) is 28.8 Å². The molecule has 0 spiro atoms. The molecule has 9 nitrogen and oxygen atoms in total. The van der Waals surface area contributed by atoms with Crippen LogP contribution in [0.4, 0.5) is 4.39 Å². The smallest absolute Gasteiger partial charge is 0.251 e. The van der Waals surface area contributed by atoms with E-state index in [0.29, 0.717) is 34.4 Å². The van der Waals surface area contributed by atoms with Crippen molar-refractivity contribution in [3.63, 3.8) is 0 Å². The zero-order valence-electron chi connectivity index (χ0n) is 17.4. The first-order valence-electron chi connectivity index (χ1n) is 9.70. The second-order valence-electron chi connectivity index (χ2n) is 6.65. The van der Waals surface area contributed by atoms with E-state index in [9.17, 15) is 9.18 Å². The van der Waals surface area contributed by atoms with E-state index in [2.05, 4.69) is 20.6 Å². The van der Waals surface area contributed by atoms with E-state index in [1.165, 1.54) is 28.8 Å². The first-order chi connectivity index (χ1) is 15.6. The molecule has 0 aliphatic rings. The summed E-state index contributed by atoms with van der Waals surface area (Å²) in [7, 11) is 3.14. The standard InChI is InChI=1S/C22H20FN5O4/c1-30-16-6-7-18(31-2)17(13-16)21-26-25-19-8-9-20(27-28(19)21)32-11-10-24-22(29)14-4-3-5-15(23)12-14/h3-9,12-13H,10-11H2,1-2H3,(H,24,29). The molecular formula is C22H20FN5O4. The van der Waals surface area contributed by atoms with Gasteiger partial charge in [0, 0.05) is 11.6 Å². The van der Waals surface area contributed by atoms with Gasteiger partial charge in [-0.15, -0.1) is 15.3 Å². The van der Waals surface area contributed by atoms with E-state index in [1.807, 2.05) is 0 Å². The average molecular weight is 437 g/mol. The molecule has 2 heterocycles. The fourth-order valence-corrected chi connectivity index (χ4v) is 3.06. The van der Waals surface area contributed by atoms with Gasteiger partial charge in [-0.2, -0.15) is 4.52 Å². The molecule has 0 aliphatic carbocycles. The van der Waals surface area contributed by atoms with Crippen LogP contribution in [0.1, 0.15) is 10.4 Å². The first kappa shape index (κ1) is 21.0. The van der Waals surface area contributed by atoms with Gasteiger partial charge in [-0.05, 0) is 42.5 Å². The van der Waals surface area contributed by atoms with Crippen molar-refractivity contribution in [2.45, 2.75) is 0 Å². The van der Waals surface area contributed by atoms with E-state index in [0.717, 1.165) is 0 Å². The van der Waals surface area contributed by atoms with Crippen LogP contribution in [0.2, 0.25) is 0 Å². The van der Waals surface area contributed by atoms with E-state index in [-0.39, 0.29) is 24.6 Å². The van der Waals surface area contributed by atoms with Gasteiger partial charge in [0.15, 0.2) is 11.5 Å². The topological polar surface area (TPSA) is 99.9 Å². The summed E-state index contributed by atoms with van der Waals surface area (Å²) in [5.41, 5.74) is 1.42. The highest BCUT2D eigenvalue weighted by Gasteiger charge is 2.16. The number of methoxy groups -OCH3 is 2. The number of rotatable bonds is 8.